The third kappa shape index (κ3) is 7.93. The van der Waals surface area contributed by atoms with Crippen molar-refractivity contribution in [2.45, 2.75) is 103 Å². The normalized spacial score (nSPS) is 21.5. The zero-order valence-corrected chi connectivity index (χ0v) is 38.8. The van der Waals surface area contributed by atoms with E-state index in [1.165, 1.54) is 12.3 Å². The minimum absolute atomic E-state index is 0.00751. The van der Waals surface area contributed by atoms with Crippen LogP contribution in [0.5, 0.6) is 11.8 Å². The second-order valence-electron chi connectivity index (χ2n) is 19.4. The maximum absolute atomic E-state index is 17.9. The third-order valence-corrected chi connectivity index (χ3v) is 14.0. The summed E-state index contributed by atoms with van der Waals surface area (Å²) in [5.74, 6) is -4.16. The summed E-state index contributed by atoms with van der Waals surface area (Å²) in [6.07, 6.45) is 1.34. The number of ether oxygens (including phenoxy) is 4. The second kappa shape index (κ2) is 16.0. The van der Waals surface area contributed by atoms with E-state index in [0.29, 0.717) is 18.5 Å². The molecule has 5 aromatic rings. The minimum atomic E-state index is -2.77. The van der Waals surface area contributed by atoms with Crippen molar-refractivity contribution in [3.8, 4) is 29.0 Å². The summed E-state index contributed by atoms with van der Waals surface area (Å²) < 4.78 is 86.8. The number of thiophene rings is 1. The lowest BCUT2D eigenvalue weighted by Gasteiger charge is -2.32. The van der Waals surface area contributed by atoms with Gasteiger partial charge in [0.15, 0.2) is 11.6 Å². The summed E-state index contributed by atoms with van der Waals surface area (Å²) in [4.78, 5) is 43.7. The monoisotopic (exact) mass is 950 g/mol. The highest BCUT2D eigenvalue weighted by molar-refractivity contribution is 7.23. The van der Waals surface area contributed by atoms with Crippen molar-refractivity contribution >= 4 is 72.8 Å². The average Bonchev–Trinajstić information content (AvgIpc) is 3.47. The lowest BCUT2D eigenvalue weighted by atomic mass is 9.89. The molecule has 2 saturated heterocycles. The summed E-state index contributed by atoms with van der Waals surface area (Å²) >= 11 is 7.99. The van der Waals surface area contributed by atoms with Crippen LogP contribution in [-0.4, -0.2) is 87.5 Å². The Morgan fingerprint density at radius 3 is 2.42 bits per heavy atom. The number of carbonyl (C=O) groups is 2. The molecule has 3 aromatic heterocycles. The molecule has 1 aliphatic carbocycles. The standard InChI is InChI=1S/C46H47ClF4N8O6S/c1-23(24-10-8-14-53-36(24)55-40(60)64-42(2,3)4)59-16-17-62-34-30-33(54-39(56-37(30)59)63-22-45-13-9-15-58(45)21-44(19-45)20-46(44,50)51)32(49)29(31(34)47)25-11-12-27(48)35-28(25)26(18-52)38(66-35)57-41(61)65-43(5,6)7/h8,10-12,14,23H,9,13,15-17,19-22H2,1-7H3,(H,57,61)(H,53,55,60)/t23-,44+,45+/m1/s1. The van der Waals surface area contributed by atoms with Crippen LogP contribution in [0.2, 0.25) is 5.02 Å². The molecule has 14 nitrogen and oxygen atoms in total. The summed E-state index contributed by atoms with van der Waals surface area (Å²) in [7, 11) is 0. The van der Waals surface area contributed by atoms with E-state index in [1.54, 1.807) is 53.7 Å². The van der Waals surface area contributed by atoms with Gasteiger partial charge < -0.3 is 23.8 Å². The van der Waals surface area contributed by atoms with Gasteiger partial charge in [0.1, 0.15) is 58.5 Å². The number of nitriles is 1. The van der Waals surface area contributed by atoms with Crippen molar-refractivity contribution in [1.29, 1.82) is 5.26 Å². The Labute approximate surface area is 386 Å². The Bertz CT molecular complexity index is 2880. The molecular weight excluding hydrogens is 904 g/mol. The number of fused-ring (bicyclic) bond motifs is 2. The highest BCUT2D eigenvalue weighted by atomic mass is 35.5. The van der Waals surface area contributed by atoms with Crippen molar-refractivity contribution in [2.75, 3.05) is 48.4 Å². The second-order valence-corrected chi connectivity index (χ2v) is 20.8. The van der Waals surface area contributed by atoms with Crippen molar-refractivity contribution in [3.63, 3.8) is 0 Å². The summed E-state index contributed by atoms with van der Waals surface area (Å²) in [6.45, 7) is 13.0. The summed E-state index contributed by atoms with van der Waals surface area (Å²) in [6, 6.07) is 7.00. The predicted molar refractivity (Wildman–Crippen MR) is 241 cm³/mol. The van der Waals surface area contributed by atoms with Gasteiger partial charge in [-0.25, -0.2) is 32.1 Å². The first-order valence-corrected chi connectivity index (χ1v) is 22.7. The molecule has 66 heavy (non-hydrogen) atoms. The number of pyridine rings is 1. The zero-order chi connectivity index (χ0) is 47.3. The molecule has 9 rings (SSSR count). The Kier molecular flexibility index (Phi) is 11.0. The van der Waals surface area contributed by atoms with Gasteiger partial charge in [0.2, 0.25) is 0 Å². The van der Waals surface area contributed by atoms with E-state index < -0.39 is 57.9 Å². The molecular formula is C46H47ClF4N8O6S. The number of benzene rings is 2. The number of hydrogen-bond acceptors (Lipinski definition) is 13. The van der Waals surface area contributed by atoms with Crippen LogP contribution in [0.4, 0.5) is 43.8 Å². The number of aromatic nitrogens is 3. The number of anilines is 3. The lowest BCUT2D eigenvalue weighted by molar-refractivity contribution is 0.0624. The van der Waals surface area contributed by atoms with E-state index in [0.717, 1.165) is 23.8 Å². The van der Waals surface area contributed by atoms with Gasteiger partial charge in [0.05, 0.1) is 44.2 Å². The summed E-state index contributed by atoms with van der Waals surface area (Å²) in [5, 5.41) is 15.5. The van der Waals surface area contributed by atoms with Crippen LogP contribution in [0.1, 0.15) is 91.3 Å². The predicted octanol–water partition coefficient (Wildman–Crippen LogP) is 11.0. The van der Waals surface area contributed by atoms with Crippen LogP contribution in [0.15, 0.2) is 30.5 Å². The van der Waals surface area contributed by atoms with Crippen LogP contribution in [0.3, 0.4) is 0 Å². The van der Waals surface area contributed by atoms with Crippen LogP contribution >= 0.6 is 22.9 Å². The molecule has 2 amide bonds. The van der Waals surface area contributed by atoms with E-state index in [-0.39, 0.29) is 110 Å². The van der Waals surface area contributed by atoms with Gasteiger partial charge in [-0.2, -0.15) is 15.2 Å². The van der Waals surface area contributed by atoms with Gasteiger partial charge in [-0.05, 0) is 92.0 Å². The molecule has 0 bridgehead atoms. The molecule has 1 saturated carbocycles. The van der Waals surface area contributed by atoms with Crippen LogP contribution < -0.4 is 25.0 Å². The number of halogens is 5. The van der Waals surface area contributed by atoms with Crippen LogP contribution in [-0.2, 0) is 9.47 Å². The molecule has 2 N–H and O–H groups in total. The number of nitrogens with zero attached hydrogens (tertiary/aromatic N) is 6. The van der Waals surface area contributed by atoms with E-state index in [4.69, 9.17) is 35.5 Å². The zero-order valence-electron chi connectivity index (χ0n) is 37.3. The number of hydrogen-bond donors (Lipinski definition) is 2. The molecule has 4 aliphatic rings. The smallest absolute Gasteiger partial charge is 0.413 e. The van der Waals surface area contributed by atoms with Crippen molar-refractivity contribution in [1.82, 2.24) is 19.9 Å². The SMILES string of the molecule is C[C@H](c1cccnc1NC(=O)OC(C)(C)C)N1CCOc2c(Cl)c(-c3ccc(F)c4sc(NC(=O)OC(C)(C)C)c(C#N)c34)c(F)c3nc(OC[C@@]45CCCN4C[C@@]4(CC4(F)F)C5)nc1c23. The Hall–Kier alpha value is -5.71. The average molecular weight is 951 g/mol. The fraction of sp³-hybridized carbons (Fsp3) is 0.478. The van der Waals surface area contributed by atoms with Crippen molar-refractivity contribution in [3.05, 3.63) is 58.2 Å². The Morgan fingerprint density at radius 2 is 1.74 bits per heavy atom. The first-order valence-electron chi connectivity index (χ1n) is 21.5. The van der Waals surface area contributed by atoms with Gasteiger partial charge in [-0.15, -0.1) is 11.3 Å². The highest BCUT2D eigenvalue weighted by Crippen LogP contribution is 2.69. The van der Waals surface area contributed by atoms with E-state index >= 15 is 8.78 Å². The van der Waals surface area contributed by atoms with Crippen molar-refractivity contribution in [2.24, 2.45) is 5.41 Å². The van der Waals surface area contributed by atoms with Crippen molar-refractivity contribution < 1.29 is 46.1 Å². The number of nitrogens with one attached hydrogen (secondary N) is 2. The van der Waals surface area contributed by atoms with E-state index in [2.05, 4.69) is 25.5 Å². The molecule has 3 fully saturated rings. The number of alkyl halides is 2. The van der Waals surface area contributed by atoms with Crippen LogP contribution in [0.25, 0.3) is 32.1 Å². The number of rotatable bonds is 8. The molecule has 20 heteroatoms. The number of carbonyl (C=O) groups excluding carboxylic acids is 2. The fourth-order valence-electron chi connectivity index (χ4n) is 9.66. The Balaban J connectivity index is 1.20. The maximum Gasteiger partial charge on any atom is 0.413 e. The fourth-order valence-corrected chi connectivity index (χ4v) is 11.1. The Morgan fingerprint density at radius 1 is 1.03 bits per heavy atom. The molecule has 1 spiro atoms. The maximum atomic E-state index is 17.9. The van der Waals surface area contributed by atoms with Gasteiger partial charge >= 0.3 is 18.2 Å². The first kappa shape index (κ1) is 45.4. The lowest BCUT2D eigenvalue weighted by Crippen LogP contribution is -2.43. The molecule has 0 unspecified atom stereocenters. The molecule has 348 valence electrons. The molecule has 0 radical (unpaired) electrons. The van der Waals surface area contributed by atoms with Crippen LogP contribution in [0, 0.1) is 28.4 Å². The largest absolute Gasteiger partial charge is 0.489 e. The minimum Gasteiger partial charge on any atom is -0.489 e. The molecule has 3 atom stereocenters. The molecule has 2 aromatic carbocycles. The van der Waals surface area contributed by atoms with Gasteiger partial charge in [-0.3, -0.25) is 15.5 Å². The van der Waals surface area contributed by atoms with E-state index in [9.17, 15) is 23.6 Å². The van der Waals surface area contributed by atoms with E-state index in [1.807, 2.05) is 17.9 Å². The molecule has 3 aliphatic heterocycles. The van der Waals surface area contributed by atoms with Gasteiger partial charge in [0, 0.05) is 35.7 Å². The summed E-state index contributed by atoms with van der Waals surface area (Å²) in [5.41, 5.74) is -3.70. The third-order valence-electron chi connectivity index (χ3n) is 12.5. The topological polar surface area (TPSA) is 164 Å². The van der Waals surface area contributed by atoms with Gasteiger partial charge in [-0.1, -0.05) is 23.7 Å². The molecule has 6 heterocycles. The quantitative estimate of drug-likeness (QED) is 0.142. The first-order chi connectivity index (χ1) is 31.0. The van der Waals surface area contributed by atoms with Gasteiger partial charge in [0.25, 0.3) is 5.92 Å². The highest BCUT2D eigenvalue weighted by Gasteiger charge is 2.77. The number of amides is 2.